The van der Waals surface area contributed by atoms with Crippen LogP contribution in [0.5, 0.6) is 0 Å². The molecule has 2 fully saturated rings. The maximum Gasteiger partial charge on any atom is 0.232 e. The molecular formula is C17H23ClN2O3S. The summed E-state index contributed by atoms with van der Waals surface area (Å²) in [6, 6.07) is 8.19. The lowest BCUT2D eigenvalue weighted by Gasteiger charge is -2.31. The predicted octanol–water partition coefficient (Wildman–Crippen LogP) is 2.59. The summed E-state index contributed by atoms with van der Waals surface area (Å²) < 4.78 is 22.5. The molecule has 0 spiro atoms. The number of carbonyl (C=O) groups excluding carboxylic acids is 1. The molecule has 2 aliphatic heterocycles. The van der Waals surface area contributed by atoms with E-state index in [2.05, 4.69) is 17.0 Å². The van der Waals surface area contributed by atoms with Crippen molar-refractivity contribution in [3.05, 3.63) is 29.8 Å². The van der Waals surface area contributed by atoms with E-state index < -0.39 is 9.05 Å². The molecule has 0 bridgehead atoms. The Morgan fingerprint density at radius 1 is 1.12 bits per heavy atom. The summed E-state index contributed by atoms with van der Waals surface area (Å²) in [6.07, 6.45) is 3.94. The number of halogens is 1. The van der Waals surface area contributed by atoms with E-state index in [0.29, 0.717) is 13.1 Å². The van der Waals surface area contributed by atoms with Gasteiger partial charge >= 0.3 is 0 Å². The van der Waals surface area contributed by atoms with E-state index in [9.17, 15) is 13.2 Å². The quantitative estimate of drug-likeness (QED) is 0.747. The summed E-state index contributed by atoms with van der Waals surface area (Å²) in [4.78, 5) is 16.4. The van der Waals surface area contributed by atoms with Crippen molar-refractivity contribution in [2.45, 2.75) is 32.2 Å². The molecule has 1 aromatic rings. The molecule has 1 unspecified atom stereocenters. The number of hydrogen-bond acceptors (Lipinski definition) is 4. The molecule has 2 saturated heterocycles. The average Bonchev–Trinajstić information content (AvgIpc) is 2.86. The zero-order chi connectivity index (χ0) is 17.2. The third-order valence-electron chi connectivity index (χ3n) is 4.78. The Morgan fingerprint density at radius 3 is 2.54 bits per heavy atom. The van der Waals surface area contributed by atoms with Gasteiger partial charge in [-0.05, 0) is 30.9 Å². The Morgan fingerprint density at radius 2 is 1.83 bits per heavy atom. The van der Waals surface area contributed by atoms with E-state index >= 15 is 0 Å². The molecule has 2 heterocycles. The van der Waals surface area contributed by atoms with Crippen molar-refractivity contribution in [1.29, 1.82) is 0 Å². The van der Waals surface area contributed by atoms with E-state index in [1.807, 2.05) is 12.1 Å². The number of hydrogen-bond donors (Lipinski definition) is 0. The normalized spacial score (nSPS) is 22.2. The van der Waals surface area contributed by atoms with Crippen LogP contribution in [-0.4, -0.2) is 44.6 Å². The molecule has 5 nitrogen and oxygen atoms in total. The van der Waals surface area contributed by atoms with Gasteiger partial charge in [-0.15, -0.1) is 0 Å². The van der Waals surface area contributed by atoms with Gasteiger partial charge in [-0.1, -0.05) is 18.2 Å². The van der Waals surface area contributed by atoms with Crippen LogP contribution in [0.3, 0.4) is 0 Å². The number of rotatable bonds is 5. The van der Waals surface area contributed by atoms with Gasteiger partial charge in [-0.25, -0.2) is 8.42 Å². The van der Waals surface area contributed by atoms with Crippen LogP contribution >= 0.6 is 10.7 Å². The van der Waals surface area contributed by atoms with Gasteiger partial charge in [0.05, 0.1) is 5.75 Å². The first-order chi connectivity index (χ1) is 11.4. The second-order valence-corrected chi connectivity index (χ2v) is 9.55. The Bertz CT molecular complexity index is 702. The molecule has 1 aromatic carbocycles. The zero-order valence-corrected chi connectivity index (χ0v) is 15.2. The van der Waals surface area contributed by atoms with E-state index in [1.165, 1.54) is 24.9 Å². The zero-order valence-electron chi connectivity index (χ0n) is 13.7. The van der Waals surface area contributed by atoms with Crippen molar-refractivity contribution in [3.63, 3.8) is 0 Å². The molecular weight excluding hydrogens is 348 g/mol. The summed E-state index contributed by atoms with van der Waals surface area (Å²) in [7, 11) is 1.76. The second-order valence-electron chi connectivity index (χ2n) is 6.73. The van der Waals surface area contributed by atoms with Gasteiger partial charge in [-0.3, -0.25) is 4.79 Å². The summed E-state index contributed by atoms with van der Waals surface area (Å²) >= 11 is 0. The SMILES string of the molecule is O=C1CC(CS(=O)(=O)Cl)CN1Cc1ccccc1N1CCCCC1. The van der Waals surface area contributed by atoms with Crippen LogP contribution in [0, 0.1) is 5.92 Å². The van der Waals surface area contributed by atoms with Gasteiger partial charge in [0.15, 0.2) is 0 Å². The standard InChI is InChI=1S/C17H23ClN2O3S/c18-24(22,23)13-14-10-17(21)20(11-14)12-15-6-2-3-7-16(15)19-8-4-1-5-9-19/h2-3,6-7,14H,1,4-5,8-13H2. The first kappa shape index (κ1) is 17.5. The van der Waals surface area contributed by atoms with Gasteiger partial charge in [0.1, 0.15) is 0 Å². The number of amides is 1. The van der Waals surface area contributed by atoms with E-state index in [-0.39, 0.29) is 24.0 Å². The van der Waals surface area contributed by atoms with Crippen LogP contribution in [0.25, 0.3) is 0 Å². The Labute approximate surface area is 148 Å². The molecule has 0 saturated carbocycles. The topological polar surface area (TPSA) is 57.7 Å². The third-order valence-corrected chi connectivity index (χ3v) is 6.03. The van der Waals surface area contributed by atoms with Crippen molar-refractivity contribution < 1.29 is 13.2 Å². The number of para-hydroxylation sites is 1. The highest BCUT2D eigenvalue weighted by Gasteiger charge is 2.32. The molecule has 0 N–H and O–H groups in total. The first-order valence-electron chi connectivity index (χ1n) is 8.45. The molecule has 24 heavy (non-hydrogen) atoms. The van der Waals surface area contributed by atoms with Gasteiger partial charge < -0.3 is 9.80 Å². The Hall–Kier alpha value is -1.27. The van der Waals surface area contributed by atoms with Crippen LogP contribution in [0.2, 0.25) is 0 Å². The molecule has 1 atom stereocenters. The largest absolute Gasteiger partial charge is 0.371 e. The molecule has 0 aliphatic carbocycles. The fraction of sp³-hybridized carbons (Fsp3) is 0.588. The summed E-state index contributed by atoms with van der Waals surface area (Å²) in [5.41, 5.74) is 2.32. The number of anilines is 1. The number of nitrogens with zero attached hydrogens (tertiary/aromatic N) is 2. The van der Waals surface area contributed by atoms with Crippen molar-refractivity contribution in [2.24, 2.45) is 5.92 Å². The average molecular weight is 371 g/mol. The third kappa shape index (κ3) is 4.42. The van der Waals surface area contributed by atoms with Crippen molar-refractivity contribution in [3.8, 4) is 0 Å². The molecule has 2 aliphatic rings. The molecule has 7 heteroatoms. The Kier molecular flexibility index (Phi) is 5.35. The highest BCUT2D eigenvalue weighted by Crippen LogP contribution is 2.28. The van der Waals surface area contributed by atoms with E-state index in [0.717, 1.165) is 18.7 Å². The number of piperidine rings is 1. The lowest BCUT2D eigenvalue weighted by Crippen LogP contribution is -2.32. The van der Waals surface area contributed by atoms with Crippen molar-refractivity contribution >= 4 is 31.3 Å². The van der Waals surface area contributed by atoms with Crippen molar-refractivity contribution in [1.82, 2.24) is 4.90 Å². The van der Waals surface area contributed by atoms with Gasteiger partial charge in [-0.2, -0.15) is 0 Å². The molecule has 0 aromatic heterocycles. The van der Waals surface area contributed by atoms with Crippen LogP contribution in [0.15, 0.2) is 24.3 Å². The highest BCUT2D eigenvalue weighted by atomic mass is 35.7. The lowest BCUT2D eigenvalue weighted by molar-refractivity contribution is -0.128. The molecule has 0 radical (unpaired) electrons. The predicted molar refractivity (Wildman–Crippen MR) is 95.7 cm³/mol. The highest BCUT2D eigenvalue weighted by molar-refractivity contribution is 8.13. The number of carbonyl (C=O) groups is 1. The second kappa shape index (κ2) is 7.31. The van der Waals surface area contributed by atoms with Crippen LogP contribution in [0.1, 0.15) is 31.2 Å². The summed E-state index contributed by atoms with van der Waals surface area (Å²) in [5, 5.41) is 0. The smallest absolute Gasteiger partial charge is 0.232 e. The summed E-state index contributed by atoms with van der Waals surface area (Å²) in [6.45, 7) is 3.10. The first-order valence-corrected chi connectivity index (χ1v) is 10.9. The van der Waals surface area contributed by atoms with Gasteiger partial charge in [0.2, 0.25) is 15.0 Å². The van der Waals surface area contributed by atoms with Crippen LogP contribution in [0.4, 0.5) is 5.69 Å². The van der Waals surface area contributed by atoms with Crippen molar-refractivity contribution in [2.75, 3.05) is 30.3 Å². The van der Waals surface area contributed by atoms with E-state index in [1.54, 1.807) is 4.90 Å². The monoisotopic (exact) mass is 370 g/mol. The molecule has 1 amide bonds. The minimum Gasteiger partial charge on any atom is -0.371 e. The maximum atomic E-state index is 12.2. The number of benzene rings is 1. The van der Waals surface area contributed by atoms with Gasteiger partial charge in [0.25, 0.3) is 0 Å². The maximum absolute atomic E-state index is 12.2. The van der Waals surface area contributed by atoms with E-state index in [4.69, 9.17) is 10.7 Å². The summed E-state index contributed by atoms with van der Waals surface area (Å²) in [5.74, 6) is -0.333. The minimum atomic E-state index is -3.57. The van der Waals surface area contributed by atoms with Crippen LogP contribution in [-0.2, 0) is 20.4 Å². The molecule has 132 valence electrons. The Balaban J connectivity index is 1.71. The van der Waals surface area contributed by atoms with Crippen LogP contribution < -0.4 is 4.90 Å². The molecule has 3 rings (SSSR count). The lowest BCUT2D eigenvalue weighted by atomic mass is 10.1. The van der Waals surface area contributed by atoms with Gasteiger partial charge in [0, 0.05) is 54.9 Å². The fourth-order valence-corrected chi connectivity index (χ4v) is 5.01. The fourth-order valence-electron chi connectivity index (χ4n) is 3.69. The number of likely N-dealkylation sites (tertiary alicyclic amines) is 1. The minimum absolute atomic E-state index is 0.00811.